The molecule has 0 aromatic carbocycles. The molecular weight excluding hydrogens is 188 g/mol. The van der Waals surface area contributed by atoms with Crippen LogP contribution in [-0.2, 0) is 9.53 Å². The standard InChI is InChI=1S/C13H24O2/c1-11(2,3)10(14)9-8-12(4,5)15-13(9,6)7/h9H,8H2,1-7H3. The van der Waals surface area contributed by atoms with Crippen LogP contribution < -0.4 is 0 Å². The summed E-state index contributed by atoms with van der Waals surface area (Å²) in [6.07, 6.45) is 0.829. The van der Waals surface area contributed by atoms with Crippen molar-refractivity contribution in [2.24, 2.45) is 11.3 Å². The first-order valence-electron chi connectivity index (χ1n) is 5.70. The zero-order valence-corrected chi connectivity index (χ0v) is 11.1. The van der Waals surface area contributed by atoms with Crippen molar-refractivity contribution in [1.29, 1.82) is 0 Å². The van der Waals surface area contributed by atoms with Gasteiger partial charge in [0.1, 0.15) is 5.78 Å². The lowest BCUT2D eigenvalue weighted by molar-refractivity contribution is -0.136. The maximum atomic E-state index is 12.3. The Balaban J connectivity index is 2.93. The molecule has 1 fully saturated rings. The summed E-state index contributed by atoms with van der Waals surface area (Å²) in [5.74, 6) is 0.338. The highest BCUT2D eigenvalue weighted by atomic mass is 16.5. The number of carbonyl (C=O) groups excluding carboxylic acids is 1. The first-order chi connectivity index (χ1) is 6.46. The van der Waals surface area contributed by atoms with E-state index in [-0.39, 0.29) is 22.5 Å². The largest absolute Gasteiger partial charge is 0.369 e. The molecule has 0 radical (unpaired) electrons. The first-order valence-corrected chi connectivity index (χ1v) is 5.70. The molecule has 2 nitrogen and oxygen atoms in total. The summed E-state index contributed by atoms with van der Waals surface area (Å²) in [6, 6.07) is 0. The number of ether oxygens (including phenoxy) is 1. The lowest BCUT2D eigenvalue weighted by Gasteiger charge is -2.30. The zero-order chi connectivity index (χ0) is 12.1. The third kappa shape index (κ3) is 2.60. The van der Waals surface area contributed by atoms with Crippen molar-refractivity contribution in [2.75, 3.05) is 0 Å². The predicted octanol–water partition coefficient (Wildman–Crippen LogP) is 3.20. The lowest BCUT2D eigenvalue weighted by Crippen LogP contribution is -2.39. The lowest BCUT2D eigenvalue weighted by atomic mass is 9.74. The SMILES string of the molecule is CC1(C)CC(C(=O)C(C)(C)C)C(C)(C)O1. The Bertz CT molecular complexity index is 269. The molecule has 1 heterocycles. The van der Waals surface area contributed by atoms with E-state index in [4.69, 9.17) is 4.74 Å². The van der Waals surface area contributed by atoms with Gasteiger partial charge in [0.2, 0.25) is 0 Å². The predicted molar refractivity (Wildman–Crippen MR) is 61.8 cm³/mol. The molecule has 0 N–H and O–H groups in total. The number of carbonyl (C=O) groups is 1. The molecule has 0 aromatic heterocycles. The topological polar surface area (TPSA) is 26.3 Å². The maximum Gasteiger partial charge on any atom is 0.144 e. The Hall–Kier alpha value is -0.370. The smallest absolute Gasteiger partial charge is 0.144 e. The average molecular weight is 212 g/mol. The van der Waals surface area contributed by atoms with Gasteiger partial charge in [0, 0.05) is 11.3 Å². The third-order valence-corrected chi connectivity index (χ3v) is 3.13. The molecule has 2 heteroatoms. The van der Waals surface area contributed by atoms with Gasteiger partial charge in [0.05, 0.1) is 11.2 Å². The van der Waals surface area contributed by atoms with Crippen molar-refractivity contribution in [3.8, 4) is 0 Å². The Labute approximate surface area is 93.4 Å². The van der Waals surface area contributed by atoms with E-state index in [1.165, 1.54) is 0 Å². The van der Waals surface area contributed by atoms with Crippen molar-refractivity contribution in [1.82, 2.24) is 0 Å². The normalized spacial score (nSPS) is 29.1. The van der Waals surface area contributed by atoms with Crippen molar-refractivity contribution in [3.05, 3.63) is 0 Å². The van der Waals surface area contributed by atoms with E-state index in [1.807, 2.05) is 34.6 Å². The molecule has 88 valence electrons. The summed E-state index contributed by atoms with van der Waals surface area (Å²) in [6.45, 7) is 14.1. The summed E-state index contributed by atoms with van der Waals surface area (Å²) in [5.41, 5.74) is -0.769. The van der Waals surface area contributed by atoms with E-state index in [9.17, 15) is 4.79 Å². The molecule has 1 unspecified atom stereocenters. The molecular formula is C13H24O2. The Morgan fingerprint density at radius 2 is 1.67 bits per heavy atom. The highest BCUT2D eigenvalue weighted by Crippen LogP contribution is 2.44. The number of Topliss-reactive ketones (excluding diaryl/α,β-unsaturated/α-hetero) is 1. The Kier molecular flexibility index (Phi) is 2.80. The van der Waals surface area contributed by atoms with Gasteiger partial charge in [0.25, 0.3) is 0 Å². The molecule has 1 aliphatic rings. The summed E-state index contributed by atoms with van der Waals surface area (Å²) >= 11 is 0. The number of hydrogen-bond acceptors (Lipinski definition) is 2. The van der Waals surface area contributed by atoms with E-state index in [0.717, 1.165) is 6.42 Å². The summed E-state index contributed by atoms with van der Waals surface area (Å²) in [5, 5.41) is 0. The van der Waals surface area contributed by atoms with Gasteiger partial charge in [0.15, 0.2) is 0 Å². The van der Waals surface area contributed by atoms with Crippen LogP contribution in [0.3, 0.4) is 0 Å². The molecule has 15 heavy (non-hydrogen) atoms. The van der Waals surface area contributed by atoms with Crippen LogP contribution in [0.2, 0.25) is 0 Å². The van der Waals surface area contributed by atoms with Crippen molar-refractivity contribution >= 4 is 5.78 Å². The van der Waals surface area contributed by atoms with Crippen LogP contribution in [0, 0.1) is 11.3 Å². The van der Waals surface area contributed by atoms with Gasteiger partial charge in [-0.3, -0.25) is 4.79 Å². The number of rotatable bonds is 1. The molecule has 0 spiro atoms. The fourth-order valence-electron chi connectivity index (χ4n) is 2.49. The van der Waals surface area contributed by atoms with Crippen molar-refractivity contribution < 1.29 is 9.53 Å². The summed E-state index contributed by atoms with van der Waals surface area (Å²) < 4.78 is 5.94. The second-order valence-corrected chi connectivity index (χ2v) is 6.84. The average Bonchev–Trinajstić information content (AvgIpc) is 2.15. The van der Waals surface area contributed by atoms with Gasteiger partial charge in [-0.15, -0.1) is 0 Å². The molecule has 1 aliphatic heterocycles. The number of hydrogen-bond donors (Lipinski definition) is 0. The number of ketones is 1. The molecule has 0 saturated carbocycles. The summed E-state index contributed by atoms with van der Waals surface area (Å²) in [4.78, 5) is 12.3. The molecule has 1 saturated heterocycles. The van der Waals surface area contributed by atoms with Crippen LogP contribution in [0.1, 0.15) is 54.9 Å². The molecule has 0 aliphatic carbocycles. The van der Waals surface area contributed by atoms with Gasteiger partial charge >= 0.3 is 0 Å². The fraction of sp³-hybridized carbons (Fsp3) is 0.923. The highest BCUT2D eigenvalue weighted by molar-refractivity contribution is 5.87. The van der Waals surface area contributed by atoms with Gasteiger partial charge in [-0.25, -0.2) is 0 Å². The van der Waals surface area contributed by atoms with Crippen LogP contribution in [0.15, 0.2) is 0 Å². The minimum absolute atomic E-state index is 0.0208. The first kappa shape index (κ1) is 12.7. The van der Waals surface area contributed by atoms with Crippen molar-refractivity contribution in [2.45, 2.75) is 66.1 Å². The monoisotopic (exact) mass is 212 g/mol. The molecule has 0 bridgehead atoms. The van der Waals surface area contributed by atoms with E-state index in [0.29, 0.717) is 5.78 Å². The Morgan fingerprint density at radius 3 is 1.93 bits per heavy atom. The van der Waals surface area contributed by atoms with Crippen LogP contribution in [0.25, 0.3) is 0 Å². The maximum absolute atomic E-state index is 12.3. The van der Waals surface area contributed by atoms with Crippen molar-refractivity contribution in [3.63, 3.8) is 0 Å². The third-order valence-electron chi connectivity index (χ3n) is 3.13. The molecule has 0 aromatic rings. The molecule has 1 atom stereocenters. The van der Waals surface area contributed by atoms with E-state index >= 15 is 0 Å². The van der Waals surface area contributed by atoms with Crippen LogP contribution >= 0.6 is 0 Å². The summed E-state index contributed by atoms with van der Waals surface area (Å²) in [7, 11) is 0. The van der Waals surface area contributed by atoms with E-state index in [2.05, 4.69) is 13.8 Å². The van der Waals surface area contributed by atoms with Crippen LogP contribution in [-0.4, -0.2) is 17.0 Å². The van der Waals surface area contributed by atoms with Gasteiger partial charge < -0.3 is 4.74 Å². The highest BCUT2D eigenvalue weighted by Gasteiger charge is 2.51. The second kappa shape index (κ2) is 3.31. The van der Waals surface area contributed by atoms with Gasteiger partial charge in [-0.05, 0) is 34.1 Å². The van der Waals surface area contributed by atoms with E-state index < -0.39 is 0 Å². The van der Waals surface area contributed by atoms with Crippen LogP contribution in [0.4, 0.5) is 0 Å². The quantitative estimate of drug-likeness (QED) is 0.667. The minimum atomic E-state index is -0.326. The second-order valence-electron chi connectivity index (χ2n) is 6.84. The minimum Gasteiger partial charge on any atom is -0.369 e. The fourth-order valence-corrected chi connectivity index (χ4v) is 2.49. The van der Waals surface area contributed by atoms with Gasteiger partial charge in [-0.1, -0.05) is 20.8 Å². The zero-order valence-electron chi connectivity index (χ0n) is 11.1. The van der Waals surface area contributed by atoms with Crippen LogP contribution in [0.5, 0.6) is 0 Å². The van der Waals surface area contributed by atoms with Gasteiger partial charge in [-0.2, -0.15) is 0 Å². The molecule has 1 rings (SSSR count). The Morgan fingerprint density at radius 1 is 1.20 bits per heavy atom. The van der Waals surface area contributed by atoms with E-state index in [1.54, 1.807) is 0 Å². The molecule has 0 amide bonds.